The molecule has 2 aromatic carbocycles. The number of aryl methyl sites for hydroxylation is 1. The third-order valence-electron chi connectivity index (χ3n) is 5.06. The average Bonchev–Trinajstić information content (AvgIpc) is 3.16. The molecule has 0 bridgehead atoms. The SMILES string of the molecule is C#CCOc1c(Br)cc(C=Nc2sc3c(c2C(=O)Nc2ccccc2)CCCC3)cc1I. The van der Waals surface area contributed by atoms with Crippen molar-refractivity contribution in [3.8, 4) is 18.1 Å². The second-order valence-corrected chi connectivity index (χ2v) is 10.4. The monoisotopic (exact) mass is 618 g/mol. The number of hydrogen-bond acceptors (Lipinski definition) is 4. The summed E-state index contributed by atoms with van der Waals surface area (Å²) in [5.74, 6) is 3.10. The highest BCUT2D eigenvalue weighted by Gasteiger charge is 2.25. The number of ether oxygens (including phenoxy) is 1. The van der Waals surface area contributed by atoms with E-state index in [4.69, 9.17) is 16.2 Å². The Hall–Kier alpha value is -2.15. The van der Waals surface area contributed by atoms with Crippen molar-refractivity contribution in [2.75, 3.05) is 11.9 Å². The normalized spacial score (nSPS) is 12.9. The number of fused-ring (bicyclic) bond motifs is 1. The molecule has 4 rings (SSSR count). The second kappa shape index (κ2) is 10.6. The molecule has 4 nitrogen and oxygen atoms in total. The molecule has 0 fully saturated rings. The van der Waals surface area contributed by atoms with Gasteiger partial charge in [0.05, 0.1) is 13.6 Å². The number of hydrogen-bond donors (Lipinski definition) is 1. The summed E-state index contributed by atoms with van der Waals surface area (Å²) < 4.78 is 7.36. The Labute approximate surface area is 213 Å². The predicted molar refractivity (Wildman–Crippen MR) is 144 cm³/mol. The molecule has 32 heavy (non-hydrogen) atoms. The first-order valence-electron chi connectivity index (χ1n) is 10.2. The van der Waals surface area contributed by atoms with Gasteiger partial charge in [-0.1, -0.05) is 24.1 Å². The van der Waals surface area contributed by atoms with Gasteiger partial charge in [-0.15, -0.1) is 17.8 Å². The van der Waals surface area contributed by atoms with Crippen LogP contribution in [0.2, 0.25) is 0 Å². The molecule has 0 atom stereocenters. The van der Waals surface area contributed by atoms with Crippen LogP contribution in [-0.4, -0.2) is 18.7 Å². The maximum Gasteiger partial charge on any atom is 0.259 e. The van der Waals surface area contributed by atoms with E-state index in [0.29, 0.717) is 5.56 Å². The van der Waals surface area contributed by atoms with E-state index in [2.05, 4.69) is 49.8 Å². The Bertz CT molecular complexity index is 1190. The zero-order chi connectivity index (χ0) is 22.5. The number of carbonyl (C=O) groups is 1. The Balaban J connectivity index is 1.65. The number of aliphatic imine (C=N–C) groups is 1. The summed E-state index contributed by atoms with van der Waals surface area (Å²) in [5.41, 5.74) is 3.54. The Morgan fingerprint density at radius 2 is 2.06 bits per heavy atom. The number of terminal acetylenes is 1. The highest BCUT2D eigenvalue weighted by Crippen LogP contribution is 2.40. The van der Waals surface area contributed by atoms with Crippen LogP contribution in [0.4, 0.5) is 10.7 Å². The summed E-state index contributed by atoms with van der Waals surface area (Å²) in [5, 5.41) is 3.78. The standard InChI is InChI=1S/C25H20BrIN2O2S/c1-2-12-31-23-19(26)13-16(14-20(23)27)15-28-25-22(18-10-6-7-11-21(18)32-25)24(30)29-17-8-4-3-5-9-17/h1,3-5,8-9,13-15H,6-7,10-12H2,(H,29,30). The van der Waals surface area contributed by atoms with E-state index >= 15 is 0 Å². The van der Waals surface area contributed by atoms with Crippen LogP contribution in [-0.2, 0) is 12.8 Å². The minimum atomic E-state index is -0.100. The maximum absolute atomic E-state index is 13.2. The second-order valence-electron chi connectivity index (χ2n) is 7.28. The summed E-state index contributed by atoms with van der Waals surface area (Å²) in [6.07, 6.45) is 11.3. The molecule has 0 saturated heterocycles. The van der Waals surface area contributed by atoms with Crippen molar-refractivity contribution in [2.45, 2.75) is 25.7 Å². The number of para-hydroxylation sites is 1. The van der Waals surface area contributed by atoms with Gasteiger partial charge in [0, 0.05) is 16.8 Å². The largest absolute Gasteiger partial charge is 0.479 e. The van der Waals surface area contributed by atoms with Crippen LogP contribution >= 0.6 is 49.9 Å². The molecule has 7 heteroatoms. The van der Waals surface area contributed by atoms with Gasteiger partial charge < -0.3 is 10.1 Å². The van der Waals surface area contributed by atoms with Crippen molar-refractivity contribution in [3.05, 3.63) is 72.1 Å². The van der Waals surface area contributed by atoms with E-state index in [1.54, 1.807) is 17.6 Å². The number of rotatable bonds is 6. The van der Waals surface area contributed by atoms with Gasteiger partial charge >= 0.3 is 0 Å². The van der Waals surface area contributed by atoms with Crippen LogP contribution in [0.5, 0.6) is 5.75 Å². The summed E-state index contributed by atoms with van der Waals surface area (Å²) in [7, 11) is 0. The van der Waals surface area contributed by atoms with Gasteiger partial charge in [0.15, 0.2) is 0 Å². The van der Waals surface area contributed by atoms with Gasteiger partial charge in [0.1, 0.15) is 17.4 Å². The Morgan fingerprint density at radius 1 is 1.28 bits per heavy atom. The molecular weight excluding hydrogens is 599 g/mol. The van der Waals surface area contributed by atoms with Gasteiger partial charge in [-0.05, 0) is 99.6 Å². The summed E-state index contributed by atoms with van der Waals surface area (Å²) >= 11 is 7.40. The fourth-order valence-electron chi connectivity index (χ4n) is 3.63. The van der Waals surface area contributed by atoms with Crippen LogP contribution < -0.4 is 10.1 Å². The van der Waals surface area contributed by atoms with Gasteiger partial charge in [-0.2, -0.15) is 0 Å². The van der Waals surface area contributed by atoms with E-state index in [1.165, 1.54) is 4.88 Å². The third-order valence-corrected chi connectivity index (χ3v) is 7.65. The highest BCUT2D eigenvalue weighted by molar-refractivity contribution is 14.1. The number of nitrogens with zero attached hydrogens (tertiary/aromatic N) is 1. The topological polar surface area (TPSA) is 50.7 Å². The molecule has 0 radical (unpaired) electrons. The smallest absolute Gasteiger partial charge is 0.259 e. The molecule has 1 heterocycles. The van der Waals surface area contributed by atoms with E-state index in [1.807, 2.05) is 42.5 Å². The van der Waals surface area contributed by atoms with Gasteiger partial charge in [0.25, 0.3) is 5.91 Å². The average molecular weight is 619 g/mol. The van der Waals surface area contributed by atoms with Crippen LogP contribution in [0.15, 0.2) is 51.9 Å². The van der Waals surface area contributed by atoms with Crippen molar-refractivity contribution in [3.63, 3.8) is 0 Å². The minimum absolute atomic E-state index is 0.100. The van der Waals surface area contributed by atoms with Crippen molar-refractivity contribution in [1.29, 1.82) is 0 Å². The molecule has 1 N–H and O–H groups in total. The molecule has 3 aromatic rings. The van der Waals surface area contributed by atoms with Crippen LogP contribution in [0.25, 0.3) is 0 Å². The number of carbonyl (C=O) groups excluding carboxylic acids is 1. The van der Waals surface area contributed by atoms with Gasteiger partial charge in [0.2, 0.25) is 0 Å². The lowest BCUT2D eigenvalue weighted by Gasteiger charge is -2.12. The predicted octanol–water partition coefficient (Wildman–Crippen LogP) is 7.01. The van der Waals surface area contributed by atoms with E-state index in [-0.39, 0.29) is 12.5 Å². The quantitative estimate of drug-likeness (QED) is 0.184. The maximum atomic E-state index is 13.2. The zero-order valence-electron chi connectivity index (χ0n) is 17.2. The first-order valence-corrected chi connectivity index (χ1v) is 12.9. The van der Waals surface area contributed by atoms with Gasteiger partial charge in [-0.3, -0.25) is 4.79 Å². The molecule has 1 aliphatic rings. The number of halogens is 2. The van der Waals surface area contributed by atoms with Crippen molar-refractivity contribution < 1.29 is 9.53 Å². The lowest BCUT2D eigenvalue weighted by molar-refractivity contribution is 0.102. The number of anilines is 1. The first-order chi connectivity index (χ1) is 15.6. The summed E-state index contributed by atoms with van der Waals surface area (Å²) in [6, 6.07) is 13.5. The van der Waals surface area contributed by atoms with Crippen molar-refractivity contribution in [1.82, 2.24) is 0 Å². The molecular formula is C25H20BrIN2O2S. The lowest BCUT2D eigenvalue weighted by Crippen LogP contribution is -2.14. The third kappa shape index (κ3) is 5.25. The molecule has 0 saturated carbocycles. The molecule has 1 amide bonds. The number of amides is 1. The fourth-order valence-corrected chi connectivity index (χ4v) is 6.63. The number of nitrogens with one attached hydrogen (secondary N) is 1. The Morgan fingerprint density at radius 3 is 2.81 bits per heavy atom. The zero-order valence-corrected chi connectivity index (χ0v) is 21.7. The van der Waals surface area contributed by atoms with Crippen LogP contribution in [0, 0.1) is 15.9 Å². The number of benzene rings is 2. The molecule has 1 aliphatic carbocycles. The molecule has 1 aromatic heterocycles. The van der Waals surface area contributed by atoms with Crippen molar-refractivity contribution >= 4 is 72.7 Å². The van der Waals surface area contributed by atoms with E-state index < -0.39 is 0 Å². The van der Waals surface area contributed by atoms with Crippen LogP contribution in [0.3, 0.4) is 0 Å². The van der Waals surface area contributed by atoms with Crippen LogP contribution in [0.1, 0.15) is 39.2 Å². The molecule has 0 spiro atoms. The number of thiophene rings is 1. The van der Waals surface area contributed by atoms with E-state index in [0.717, 1.165) is 61.3 Å². The fraction of sp³-hybridized carbons (Fsp3) is 0.200. The highest BCUT2D eigenvalue weighted by atomic mass is 127. The van der Waals surface area contributed by atoms with Gasteiger partial charge in [-0.25, -0.2) is 4.99 Å². The Kier molecular flexibility index (Phi) is 7.66. The van der Waals surface area contributed by atoms with E-state index in [9.17, 15) is 4.79 Å². The summed E-state index contributed by atoms with van der Waals surface area (Å²) in [4.78, 5) is 19.2. The van der Waals surface area contributed by atoms with Crippen molar-refractivity contribution in [2.24, 2.45) is 4.99 Å². The molecule has 0 aliphatic heterocycles. The molecule has 162 valence electrons. The summed E-state index contributed by atoms with van der Waals surface area (Å²) in [6.45, 7) is 0.211. The molecule has 0 unspecified atom stereocenters. The minimum Gasteiger partial charge on any atom is -0.479 e. The lowest BCUT2D eigenvalue weighted by atomic mass is 9.95. The first kappa shape index (κ1) is 23.0.